The lowest BCUT2D eigenvalue weighted by molar-refractivity contribution is -0.116. The third kappa shape index (κ3) is 4.03. The molecule has 0 unspecified atom stereocenters. The second-order valence-electron chi connectivity index (χ2n) is 3.87. The van der Waals surface area contributed by atoms with Crippen LogP contribution in [0.5, 0.6) is 0 Å². The molecule has 6 heteroatoms. The molecule has 0 aliphatic carbocycles. The highest BCUT2D eigenvalue weighted by molar-refractivity contribution is 14.1. The Hall–Kier alpha value is -0.900. The lowest BCUT2D eigenvalue weighted by atomic mass is 10.3. The minimum Gasteiger partial charge on any atom is -0.343 e. The van der Waals surface area contributed by atoms with E-state index in [0.717, 1.165) is 5.69 Å². The van der Waals surface area contributed by atoms with Gasteiger partial charge in [0.25, 0.3) is 0 Å². The Morgan fingerprint density at radius 1 is 1.11 bits per heavy atom. The van der Waals surface area contributed by atoms with Gasteiger partial charge in [0.1, 0.15) is 6.54 Å². The first-order valence-electron chi connectivity index (χ1n) is 5.46. The van der Waals surface area contributed by atoms with E-state index in [0.29, 0.717) is 7.14 Å². The summed E-state index contributed by atoms with van der Waals surface area (Å²) in [4.78, 5) is 23.4. The molecule has 98 valence electrons. The van der Waals surface area contributed by atoms with Crippen molar-refractivity contribution in [1.29, 1.82) is 0 Å². The summed E-state index contributed by atoms with van der Waals surface area (Å²) in [5, 5.41) is 2.80. The molecular formula is C13H10I2N2O2. The quantitative estimate of drug-likeness (QED) is 0.688. The van der Waals surface area contributed by atoms with Crippen LogP contribution in [-0.4, -0.2) is 10.5 Å². The molecule has 19 heavy (non-hydrogen) atoms. The zero-order chi connectivity index (χ0) is 13.8. The van der Waals surface area contributed by atoms with Crippen molar-refractivity contribution in [1.82, 2.24) is 4.57 Å². The van der Waals surface area contributed by atoms with Gasteiger partial charge < -0.3 is 9.88 Å². The number of halogens is 2. The Morgan fingerprint density at radius 2 is 1.68 bits per heavy atom. The first kappa shape index (κ1) is 14.5. The predicted octanol–water partition coefficient (Wildman–Crippen LogP) is 2.70. The smallest absolute Gasteiger partial charge is 0.244 e. The summed E-state index contributed by atoms with van der Waals surface area (Å²) in [5.41, 5.74) is 0.763. The molecule has 1 aromatic carbocycles. The average molecular weight is 480 g/mol. The largest absolute Gasteiger partial charge is 0.343 e. The number of carbonyl (C=O) groups excluding carboxylic acids is 1. The summed E-state index contributed by atoms with van der Waals surface area (Å²) in [6.07, 6.45) is 3.35. The molecule has 0 aliphatic rings. The number of hydrogen-bond donors (Lipinski definition) is 1. The first-order valence-corrected chi connectivity index (χ1v) is 7.62. The Kier molecular flexibility index (Phi) is 4.97. The SMILES string of the molecule is O=C(Cn1cc(I)c(=O)c(I)c1)Nc1ccccc1. The zero-order valence-electron chi connectivity index (χ0n) is 9.77. The van der Waals surface area contributed by atoms with Crippen LogP contribution in [0.2, 0.25) is 0 Å². The number of amides is 1. The van der Waals surface area contributed by atoms with E-state index in [4.69, 9.17) is 0 Å². The van der Waals surface area contributed by atoms with Gasteiger partial charge in [0.05, 0.1) is 7.14 Å². The summed E-state index contributed by atoms with van der Waals surface area (Å²) in [6.45, 7) is 0.182. The number of pyridine rings is 1. The predicted molar refractivity (Wildman–Crippen MR) is 91.2 cm³/mol. The number of benzene rings is 1. The maximum atomic E-state index is 11.9. The van der Waals surface area contributed by atoms with Gasteiger partial charge in [-0.3, -0.25) is 9.59 Å². The van der Waals surface area contributed by atoms with E-state index in [1.165, 1.54) is 0 Å². The highest BCUT2D eigenvalue weighted by atomic mass is 127. The molecule has 0 saturated heterocycles. The number of aromatic nitrogens is 1. The van der Waals surface area contributed by atoms with Crippen molar-refractivity contribution in [2.75, 3.05) is 5.32 Å². The molecule has 0 atom stereocenters. The summed E-state index contributed by atoms with van der Waals surface area (Å²) in [7, 11) is 0. The molecular weight excluding hydrogens is 470 g/mol. The van der Waals surface area contributed by atoms with Crippen molar-refractivity contribution >= 4 is 56.8 Å². The van der Waals surface area contributed by atoms with Crippen LogP contribution in [0.15, 0.2) is 47.5 Å². The van der Waals surface area contributed by atoms with Gasteiger partial charge in [0.2, 0.25) is 11.3 Å². The molecule has 0 bridgehead atoms. The van der Waals surface area contributed by atoms with Crippen molar-refractivity contribution in [2.45, 2.75) is 6.54 Å². The van der Waals surface area contributed by atoms with Crippen LogP contribution < -0.4 is 10.7 Å². The standard InChI is InChI=1S/C13H10I2N2O2/c14-10-6-17(7-11(15)13(10)19)8-12(18)16-9-4-2-1-3-5-9/h1-7H,8H2,(H,16,18). The maximum absolute atomic E-state index is 11.9. The average Bonchev–Trinajstić information content (AvgIpc) is 2.37. The van der Waals surface area contributed by atoms with Gasteiger partial charge in [-0.15, -0.1) is 0 Å². The highest BCUT2D eigenvalue weighted by Crippen LogP contribution is 2.07. The Bertz CT molecular complexity index is 627. The van der Waals surface area contributed by atoms with Crippen LogP contribution in [0.4, 0.5) is 5.69 Å². The lowest BCUT2D eigenvalue weighted by Crippen LogP contribution is -2.21. The fraction of sp³-hybridized carbons (Fsp3) is 0.0769. The van der Waals surface area contributed by atoms with Crippen LogP contribution in [0.3, 0.4) is 0 Å². The second kappa shape index (κ2) is 6.51. The molecule has 0 fully saturated rings. The van der Waals surface area contributed by atoms with Gasteiger partial charge >= 0.3 is 0 Å². The molecule has 1 amide bonds. The van der Waals surface area contributed by atoms with Crippen LogP contribution in [0.25, 0.3) is 0 Å². The highest BCUT2D eigenvalue weighted by Gasteiger charge is 2.06. The number of hydrogen-bond acceptors (Lipinski definition) is 2. The van der Waals surface area contributed by atoms with E-state index < -0.39 is 0 Å². The number of carbonyl (C=O) groups is 1. The molecule has 0 aliphatic heterocycles. The van der Waals surface area contributed by atoms with Crippen LogP contribution in [0.1, 0.15) is 0 Å². The summed E-state index contributed by atoms with van der Waals surface area (Å²) in [5.74, 6) is -0.124. The van der Waals surface area contributed by atoms with E-state index in [1.807, 2.05) is 75.5 Å². The summed E-state index contributed by atoms with van der Waals surface area (Å²) in [6, 6.07) is 9.28. The van der Waals surface area contributed by atoms with Gasteiger partial charge in [-0.05, 0) is 57.3 Å². The van der Waals surface area contributed by atoms with E-state index in [1.54, 1.807) is 17.0 Å². The lowest BCUT2D eigenvalue weighted by Gasteiger charge is -2.08. The number of rotatable bonds is 3. The van der Waals surface area contributed by atoms with Crippen molar-refractivity contribution in [3.8, 4) is 0 Å². The molecule has 0 radical (unpaired) electrons. The fourth-order valence-corrected chi connectivity index (χ4v) is 3.35. The van der Waals surface area contributed by atoms with Gasteiger partial charge in [0.15, 0.2) is 0 Å². The Labute approximate surface area is 137 Å². The molecule has 2 rings (SSSR count). The fourth-order valence-electron chi connectivity index (χ4n) is 1.54. The van der Waals surface area contributed by atoms with Crippen molar-refractivity contribution in [3.05, 3.63) is 60.1 Å². The van der Waals surface area contributed by atoms with Crippen molar-refractivity contribution in [2.24, 2.45) is 0 Å². The first-order chi connectivity index (χ1) is 9.06. The monoisotopic (exact) mass is 480 g/mol. The van der Waals surface area contributed by atoms with Gasteiger partial charge in [0, 0.05) is 18.1 Å². The Balaban J connectivity index is 2.09. The molecule has 0 saturated carbocycles. The van der Waals surface area contributed by atoms with Crippen molar-refractivity contribution < 1.29 is 4.79 Å². The molecule has 2 aromatic rings. The van der Waals surface area contributed by atoms with Crippen molar-refractivity contribution in [3.63, 3.8) is 0 Å². The third-order valence-electron chi connectivity index (χ3n) is 2.38. The minimum atomic E-state index is -0.124. The maximum Gasteiger partial charge on any atom is 0.244 e. The molecule has 0 spiro atoms. The number of para-hydroxylation sites is 1. The van der Waals surface area contributed by atoms with E-state index in [2.05, 4.69) is 5.32 Å². The molecule has 1 aromatic heterocycles. The van der Waals surface area contributed by atoms with E-state index >= 15 is 0 Å². The third-order valence-corrected chi connectivity index (χ3v) is 3.91. The summed E-state index contributed by atoms with van der Waals surface area (Å²) < 4.78 is 2.93. The van der Waals surface area contributed by atoms with E-state index in [9.17, 15) is 9.59 Å². The number of nitrogens with one attached hydrogen (secondary N) is 1. The van der Waals surface area contributed by atoms with Gasteiger partial charge in [-0.25, -0.2) is 0 Å². The Morgan fingerprint density at radius 3 is 2.26 bits per heavy atom. The molecule has 4 nitrogen and oxygen atoms in total. The summed E-state index contributed by atoms with van der Waals surface area (Å²) >= 11 is 3.95. The van der Waals surface area contributed by atoms with Crippen LogP contribution in [-0.2, 0) is 11.3 Å². The van der Waals surface area contributed by atoms with Gasteiger partial charge in [-0.2, -0.15) is 0 Å². The van der Waals surface area contributed by atoms with Crippen LogP contribution in [0, 0.1) is 7.14 Å². The number of anilines is 1. The molecule has 1 heterocycles. The number of nitrogens with zero attached hydrogens (tertiary/aromatic N) is 1. The van der Waals surface area contributed by atoms with E-state index in [-0.39, 0.29) is 17.9 Å². The second-order valence-corrected chi connectivity index (χ2v) is 6.19. The van der Waals surface area contributed by atoms with Crippen LogP contribution >= 0.6 is 45.2 Å². The topological polar surface area (TPSA) is 51.1 Å². The molecule has 1 N–H and O–H groups in total. The minimum absolute atomic E-state index is 0.000850. The normalized spacial score (nSPS) is 10.2. The zero-order valence-corrected chi connectivity index (χ0v) is 14.1. The van der Waals surface area contributed by atoms with Gasteiger partial charge in [-0.1, -0.05) is 18.2 Å².